The summed E-state index contributed by atoms with van der Waals surface area (Å²) in [5, 5.41) is 3.19. The molecule has 0 saturated carbocycles. The standard InChI is InChI=1S/C17H28N4/c1-15(14-21-11-5-6-12-21)13-20-17(18)19-10-9-16-7-3-2-4-8-16/h2-4,7-8,15H,5-6,9-14H2,1H3,(H3,18,19,20). The molecule has 1 unspecified atom stereocenters. The van der Waals surface area contributed by atoms with E-state index >= 15 is 0 Å². The lowest BCUT2D eigenvalue weighted by Gasteiger charge is -2.18. The lowest BCUT2D eigenvalue weighted by molar-refractivity contribution is 0.291. The lowest BCUT2D eigenvalue weighted by atomic mass is 10.1. The normalized spacial score (nSPS) is 17.9. The number of hydrogen-bond donors (Lipinski definition) is 2. The number of nitrogens with two attached hydrogens (primary N) is 1. The Balaban J connectivity index is 1.61. The highest BCUT2D eigenvalue weighted by Gasteiger charge is 2.14. The summed E-state index contributed by atoms with van der Waals surface area (Å²) < 4.78 is 0. The van der Waals surface area contributed by atoms with Gasteiger partial charge in [0, 0.05) is 19.6 Å². The predicted molar refractivity (Wildman–Crippen MR) is 89.5 cm³/mol. The van der Waals surface area contributed by atoms with Crippen molar-refractivity contribution < 1.29 is 0 Å². The Hall–Kier alpha value is -1.55. The highest BCUT2D eigenvalue weighted by molar-refractivity contribution is 5.77. The maximum absolute atomic E-state index is 5.92. The molecule has 0 spiro atoms. The van der Waals surface area contributed by atoms with Crippen molar-refractivity contribution in [2.75, 3.05) is 32.7 Å². The van der Waals surface area contributed by atoms with Crippen LogP contribution in [0.1, 0.15) is 25.3 Å². The summed E-state index contributed by atoms with van der Waals surface area (Å²) in [4.78, 5) is 6.98. The molecule has 0 amide bonds. The highest BCUT2D eigenvalue weighted by atomic mass is 15.1. The summed E-state index contributed by atoms with van der Waals surface area (Å²) >= 11 is 0. The minimum Gasteiger partial charge on any atom is -0.370 e. The van der Waals surface area contributed by atoms with Crippen LogP contribution >= 0.6 is 0 Å². The quantitative estimate of drug-likeness (QED) is 0.595. The molecule has 21 heavy (non-hydrogen) atoms. The summed E-state index contributed by atoms with van der Waals surface area (Å²) in [5.74, 6) is 1.14. The molecular formula is C17H28N4. The van der Waals surface area contributed by atoms with Gasteiger partial charge in [0.25, 0.3) is 0 Å². The molecular weight excluding hydrogens is 260 g/mol. The molecule has 0 bridgehead atoms. The average Bonchev–Trinajstić information content (AvgIpc) is 2.99. The maximum atomic E-state index is 5.92. The molecule has 0 radical (unpaired) electrons. The van der Waals surface area contributed by atoms with Gasteiger partial charge in [-0.2, -0.15) is 0 Å². The number of rotatable bonds is 7. The summed E-state index contributed by atoms with van der Waals surface area (Å²) in [6.45, 7) is 7.53. The van der Waals surface area contributed by atoms with Gasteiger partial charge < -0.3 is 16.0 Å². The molecule has 1 aromatic carbocycles. The summed E-state index contributed by atoms with van der Waals surface area (Å²) in [6, 6.07) is 10.4. The molecule has 3 N–H and O–H groups in total. The zero-order valence-corrected chi connectivity index (χ0v) is 13.1. The largest absolute Gasteiger partial charge is 0.370 e. The first-order valence-corrected chi connectivity index (χ1v) is 8.04. The smallest absolute Gasteiger partial charge is 0.188 e. The fourth-order valence-electron chi connectivity index (χ4n) is 2.75. The van der Waals surface area contributed by atoms with E-state index in [1.807, 2.05) is 6.07 Å². The van der Waals surface area contributed by atoms with Gasteiger partial charge in [-0.1, -0.05) is 37.3 Å². The van der Waals surface area contributed by atoms with Crippen molar-refractivity contribution in [3.8, 4) is 0 Å². The maximum Gasteiger partial charge on any atom is 0.188 e. The van der Waals surface area contributed by atoms with Crippen LogP contribution in [-0.4, -0.2) is 43.6 Å². The fourth-order valence-corrected chi connectivity index (χ4v) is 2.75. The van der Waals surface area contributed by atoms with Crippen molar-refractivity contribution in [1.82, 2.24) is 10.2 Å². The number of nitrogens with one attached hydrogen (secondary N) is 1. The van der Waals surface area contributed by atoms with Crippen molar-refractivity contribution in [3.63, 3.8) is 0 Å². The van der Waals surface area contributed by atoms with E-state index in [1.165, 1.54) is 31.5 Å². The third-order valence-electron chi connectivity index (χ3n) is 3.90. The van der Waals surface area contributed by atoms with E-state index in [2.05, 4.69) is 46.4 Å². The monoisotopic (exact) mass is 288 g/mol. The van der Waals surface area contributed by atoms with Gasteiger partial charge >= 0.3 is 0 Å². The molecule has 1 heterocycles. The van der Waals surface area contributed by atoms with E-state index in [0.29, 0.717) is 11.9 Å². The van der Waals surface area contributed by atoms with Gasteiger partial charge in [-0.05, 0) is 43.8 Å². The van der Waals surface area contributed by atoms with Crippen LogP contribution < -0.4 is 11.1 Å². The molecule has 0 aliphatic carbocycles. The molecule has 1 aliphatic rings. The summed E-state index contributed by atoms with van der Waals surface area (Å²) in [5.41, 5.74) is 7.24. The van der Waals surface area contributed by atoms with Crippen molar-refractivity contribution in [2.45, 2.75) is 26.2 Å². The van der Waals surface area contributed by atoms with Gasteiger partial charge in [-0.15, -0.1) is 0 Å². The second kappa shape index (κ2) is 8.67. The minimum absolute atomic E-state index is 0.567. The van der Waals surface area contributed by atoms with E-state index in [1.54, 1.807) is 0 Å². The van der Waals surface area contributed by atoms with Crippen molar-refractivity contribution in [1.29, 1.82) is 0 Å². The highest BCUT2D eigenvalue weighted by Crippen LogP contribution is 2.10. The molecule has 4 heteroatoms. The van der Waals surface area contributed by atoms with Crippen LogP contribution in [0.25, 0.3) is 0 Å². The van der Waals surface area contributed by atoms with E-state index in [-0.39, 0.29) is 0 Å². The van der Waals surface area contributed by atoms with Gasteiger partial charge in [0.2, 0.25) is 0 Å². The van der Waals surface area contributed by atoms with Gasteiger partial charge in [-0.3, -0.25) is 4.99 Å². The topological polar surface area (TPSA) is 53.6 Å². The van der Waals surface area contributed by atoms with Crippen molar-refractivity contribution in [3.05, 3.63) is 35.9 Å². The third kappa shape index (κ3) is 6.17. The Bertz CT molecular complexity index is 424. The van der Waals surface area contributed by atoms with Gasteiger partial charge in [0.15, 0.2) is 5.96 Å². The molecule has 0 aromatic heterocycles. The van der Waals surface area contributed by atoms with Gasteiger partial charge in [-0.25, -0.2) is 0 Å². The second-order valence-corrected chi connectivity index (χ2v) is 6.00. The lowest BCUT2D eigenvalue weighted by Crippen LogP contribution is -2.34. The number of guanidine groups is 1. The number of benzene rings is 1. The Labute approximate surface area is 128 Å². The Morgan fingerprint density at radius 2 is 2.00 bits per heavy atom. The fraction of sp³-hybridized carbons (Fsp3) is 0.588. The van der Waals surface area contributed by atoms with Gasteiger partial charge in [0.1, 0.15) is 0 Å². The van der Waals surface area contributed by atoms with Crippen LogP contribution in [0.15, 0.2) is 35.3 Å². The van der Waals surface area contributed by atoms with E-state index in [4.69, 9.17) is 5.73 Å². The molecule has 1 saturated heterocycles. The zero-order chi connectivity index (χ0) is 14.9. The number of likely N-dealkylation sites (tertiary alicyclic amines) is 1. The molecule has 1 aliphatic heterocycles. The first kappa shape index (κ1) is 15.8. The van der Waals surface area contributed by atoms with Crippen LogP contribution in [0.4, 0.5) is 0 Å². The molecule has 4 nitrogen and oxygen atoms in total. The Morgan fingerprint density at radius 3 is 2.71 bits per heavy atom. The van der Waals surface area contributed by atoms with Crippen LogP contribution in [0.5, 0.6) is 0 Å². The van der Waals surface area contributed by atoms with Crippen molar-refractivity contribution in [2.24, 2.45) is 16.6 Å². The van der Waals surface area contributed by atoms with E-state index in [9.17, 15) is 0 Å². The van der Waals surface area contributed by atoms with E-state index < -0.39 is 0 Å². The minimum atomic E-state index is 0.567. The number of aliphatic imine (C=N–C) groups is 1. The van der Waals surface area contributed by atoms with Crippen LogP contribution in [0, 0.1) is 5.92 Å². The number of hydrogen-bond acceptors (Lipinski definition) is 2. The summed E-state index contributed by atoms with van der Waals surface area (Å²) in [6.07, 6.45) is 3.67. The van der Waals surface area contributed by atoms with Crippen LogP contribution in [0.3, 0.4) is 0 Å². The van der Waals surface area contributed by atoms with Crippen LogP contribution in [-0.2, 0) is 6.42 Å². The number of nitrogens with zero attached hydrogens (tertiary/aromatic N) is 2. The SMILES string of the molecule is CC(CN=C(N)NCCc1ccccc1)CN1CCCC1. The molecule has 2 rings (SSSR count). The molecule has 1 atom stereocenters. The summed E-state index contributed by atoms with van der Waals surface area (Å²) in [7, 11) is 0. The molecule has 116 valence electrons. The van der Waals surface area contributed by atoms with E-state index in [0.717, 1.165) is 26.1 Å². The van der Waals surface area contributed by atoms with Crippen LogP contribution in [0.2, 0.25) is 0 Å². The first-order chi connectivity index (χ1) is 10.2. The third-order valence-corrected chi connectivity index (χ3v) is 3.90. The second-order valence-electron chi connectivity index (χ2n) is 6.00. The molecule has 1 aromatic rings. The van der Waals surface area contributed by atoms with Gasteiger partial charge in [0.05, 0.1) is 0 Å². The zero-order valence-electron chi connectivity index (χ0n) is 13.1. The first-order valence-electron chi connectivity index (χ1n) is 8.04. The molecule has 1 fully saturated rings. The Kier molecular flexibility index (Phi) is 6.54. The predicted octanol–water partition coefficient (Wildman–Crippen LogP) is 1.87. The Morgan fingerprint density at radius 1 is 1.29 bits per heavy atom. The van der Waals surface area contributed by atoms with Crippen molar-refractivity contribution >= 4 is 5.96 Å². The average molecular weight is 288 g/mol.